The van der Waals surface area contributed by atoms with Crippen LogP contribution in [0.5, 0.6) is 0 Å². The lowest BCUT2D eigenvalue weighted by Gasteiger charge is -2.09. The van der Waals surface area contributed by atoms with E-state index in [0.29, 0.717) is 5.69 Å². The standard InChI is InChI=1S/C13H11BrN2O/c14-11-6-8-12(9-7-11)15-10-16(17)13-4-2-1-3-5-13/h1-10,17H. The molecule has 1 N–H and O–H groups in total. The number of hydrogen-bond donors (Lipinski definition) is 1. The van der Waals surface area contributed by atoms with Gasteiger partial charge in [-0.2, -0.15) is 0 Å². The molecular formula is C13H11BrN2O. The fourth-order valence-electron chi connectivity index (χ4n) is 1.30. The second-order valence-electron chi connectivity index (χ2n) is 3.40. The van der Waals surface area contributed by atoms with Gasteiger partial charge in [0, 0.05) is 4.47 Å². The van der Waals surface area contributed by atoms with E-state index < -0.39 is 0 Å². The number of nitrogens with zero attached hydrogens (tertiary/aromatic N) is 2. The summed E-state index contributed by atoms with van der Waals surface area (Å²) in [5.41, 5.74) is 1.46. The van der Waals surface area contributed by atoms with Crippen LogP contribution in [-0.2, 0) is 0 Å². The molecule has 4 heteroatoms. The Morgan fingerprint density at radius 1 is 1.00 bits per heavy atom. The molecule has 86 valence electrons. The molecule has 0 atom stereocenters. The fourth-order valence-corrected chi connectivity index (χ4v) is 1.56. The van der Waals surface area contributed by atoms with E-state index in [0.717, 1.165) is 15.2 Å². The van der Waals surface area contributed by atoms with Gasteiger partial charge in [0.05, 0.1) is 11.4 Å². The van der Waals surface area contributed by atoms with Gasteiger partial charge in [-0.25, -0.2) is 10.1 Å². The van der Waals surface area contributed by atoms with Gasteiger partial charge < -0.3 is 0 Å². The molecule has 0 aromatic heterocycles. The number of benzene rings is 2. The molecule has 3 nitrogen and oxygen atoms in total. The highest BCUT2D eigenvalue weighted by Gasteiger charge is 1.97. The molecule has 17 heavy (non-hydrogen) atoms. The van der Waals surface area contributed by atoms with Crippen LogP contribution in [0.25, 0.3) is 0 Å². The van der Waals surface area contributed by atoms with E-state index in [-0.39, 0.29) is 0 Å². The second kappa shape index (κ2) is 5.61. The highest BCUT2D eigenvalue weighted by Crippen LogP contribution is 2.17. The van der Waals surface area contributed by atoms with E-state index in [4.69, 9.17) is 0 Å². The van der Waals surface area contributed by atoms with Crippen LogP contribution in [0.2, 0.25) is 0 Å². The Labute approximate surface area is 108 Å². The van der Waals surface area contributed by atoms with Crippen molar-refractivity contribution in [3.63, 3.8) is 0 Å². The second-order valence-corrected chi connectivity index (χ2v) is 4.32. The summed E-state index contributed by atoms with van der Waals surface area (Å²) in [6, 6.07) is 16.7. The van der Waals surface area contributed by atoms with Gasteiger partial charge in [-0.3, -0.25) is 5.21 Å². The maximum atomic E-state index is 9.71. The Bertz CT molecular complexity index is 497. The van der Waals surface area contributed by atoms with Crippen LogP contribution >= 0.6 is 15.9 Å². The van der Waals surface area contributed by atoms with Crippen molar-refractivity contribution in [1.82, 2.24) is 0 Å². The van der Waals surface area contributed by atoms with Gasteiger partial charge >= 0.3 is 0 Å². The summed E-state index contributed by atoms with van der Waals surface area (Å²) in [7, 11) is 0. The van der Waals surface area contributed by atoms with Gasteiger partial charge in [0.25, 0.3) is 0 Å². The summed E-state index contributed by atoms with van der Waals surface area (Å²) in [5.74, 6) is 0. The Morgan fingerprint density at radius 3 is 2.29 bits per heavy atom. The topological polar surface area (TPSA) is 35.8 Å². The van der Waals surface area contributed by atoms with Crippen molar-refractivity contribution < 1.29 is 5.21 Å². The molecule has 0 saturated heterocycles. The van der Waals surface area contributed by atoms with E-state index in [2.05, 4.69) is 20.9 Å². The number of hydroxylamine groups is 1. The van der Waals surface area contributed by atoms with Gasteiger partial charge in [-0.15, -0.1) is 0 Å². The molecule has 0 amide bonds. The number of aliphatic imine (C=N–C) groups is 1. The summed E-state index contributed by atoms with van der Waals surface area (Å²) in [6.45, 7) is 0. The number of rotatable bonds is 3. The van der Waals surface area contributed by atoms with E-state index in [1.54, 1.807) is 12.1 Å². The summed E-state index contributed by atoms with van der Waals surface area (Å²) in [5, 5.41) is 10.7. The van der Waals surface area contributed by atoms with Gasteiger partial charge in [0.1, 0.15) is 6.34 Å². The summed E-state index contributed by atoms with van der Waals surface area (Å²) >= 11 is 3.35. The smallest absolute Gasteiger partial charge is 0.122 e. The molecule has 2 aromatic carbocycles. The molecule has 2 aromatic rings. The summed E-state index contributed by atoms with van der Waals surface area (Å²) in [6.07, 6.45) is 1.37. The zero-order chi connectivity index (χ0) is 12.1. The van der Waals surface area contributed by atoms with Crippen LogP contribution in [-0.4, -0.2) is 11.5 Å². The Morgan fingerprint density at radius 2 is 1.65 bits per heavy atom. The first kappa shape index (κ1) is 11.8. The zero-order valence-corrected chi connectivity index (χ0v) is 10.6. The van der Waals surface area contributed by atoms with Crippen molar-refractivity contribution in [2.75, 3.05) is 5.06 Å². The van der Waals surface area contributed by atoms with Crippen LogP contribution in [0.1, 0.15) is 0 Å². The molecular weight excluding hydrogens is 280 g/mol. The maximum absolute atomic E-state index is 9.71. The molecule has 0 bridgehead atoms. The number of hydrogen-bond acceptors (Lipinski definition) is 2. The molecule has 0 saturated carbocycles. The molecule has 0 fully saturated rings. The third-order valence-electron chi connectivity index (χ3n) is 2.16. The number of anilines is 1. The number of para-hydroxylation sites is 1. The first-order chi connectivity index (χ1) is 8.25. The first-order valence-corrected chi connectivity index (χ1v) is 5.88. The van der Waals surface area contributed by atoms with Gasteiger partial charge in [0.15, 0.2) is 0 Å². The van der Waals surface area contributed by atoms with Crippen molar-refractivity contribution in [2.24, 2.45) is 4.99 Å². The quantitative estimate of drug-likeness (QED) is 0.527. The maximum Gasteiger partial charge on any atom is 0.122 e. The predicted molar refractivity (Wildman–Crippen MR) is 73.0 cm³/mol. The molecule has 0 spiro atoms. The molecule has 0 aliphatic carbocycles. The highest BCUT2D eigenvalue weighted by atomic mass is 79.9. The lowest BCUT2D eigenvalue weighted by Crippen LogP contribution is -2.14. The Kier molecular flexibility index (Phi) is 3.90. The van der Waals surface area contributed by atoms with Crippen molar-refractivity contribution in [3.05, 3.63) is 59.1 Å². The van der Waals surface area contributed by atoms with Crippen molar-refractivity contribution in [1.29, 1.82) is 0 Å². The van der Waals surface area contributed by atoms with Crippen molar-refractivity contribution in [2.45, 2.75) is 0 Å². The fraction of sp³-hybridized carbons (Fsp3) is 0. The molecule has 0 heterocycles. The molecule has 0 unspecified atom stereocenters. The molecule has 0 radical (unpaired) electrons. The van der Waals surface area contributed by atoms with Crippen molar-refractivity contribution in [3.8, 4) is 0 Å². The first-order valence-electron chi connectivity index (χ1n) is 5.08. The van der Waals surface area contributed by atoms with Crippen LogP contribution in [0.3, 0.4) is 0 Å². The molecule has 0 aliphatic heterocycles. The largest absolute Gasteiger partial charge is 0.283 e. The zero-order valence-electron chi connectivity index (χ0n) is 8.99. The third-order valence-corrected chi connectivity index (χ3v) is 2.69. The van der Waals surface area contributed by atoms with Crippen LogP contribution < -0.4 is 5.06 Å². The average Bonchev–Trinajstić information content (AvgIpc) is 2.39. The molecule has 2 rings (SSSR count). The Balaban J connectivity index is 2.08. The monoisotopic (exact) mass is 290 g/mol. The van der Waals surface area contributed by atoms with E-state index >= 15 is 0 Å². The minimum atomic E-state index is 0.674. The minimum absolute atomic E-state index is 0.674. The summed E-state index contributed by atoms with van der Waals surface area (Å²) in [4.78, 5) is 4.15. The van der Waals surface area contributed by atoms with Crippen LogP contribution in [0.15, 0.2) is 64.1 Å². The lowest BCUT2D eigenvalue weighted by atomic mass is 10.3. The van der Waals surface area contributed by atoms with E-state index in [9.17, 15) is 5.21 Å². The van der Waals surface area contributed by atoms with Gasteiger partial charge in [-0.1, -0.05) is 34.1 Å². The highest BCUT2D eigenvalue weighted by molar-refractivity contribution is 9.10. The van der Waals surface area contributed by atoms with Gasteiger partial charge in [-0.05, 0) is 36.4 Å². The predicted octanol–water partition coefficient (Wildman–Crippen LogP) is 4.00. The molecule has 0 aliphatic rings. The minimum Gasteiger partial charge on any atom is -0.283 e. The van der Waals surface area contributed by atoms with Crippen molar-refractivity contribution >= 4 is 33.6 Å². The van der Waals surface area contributed by atoms with E-state index in [1.165, 1.54) is 6.34 Å². The van der Waals surface area contributed by atoms with Gasteiger partial charge in [0.2, 0.25) is 0 Å². The summed E-state index contributed by atoms with van der Waals surface area (Å²) < 4.78 is 1.00. The third kappa shape index (κ3) is 3.41. The SMILES string of the molecule is ON(C=Nc1ccc(Br)cc1)c1ccccc1. The normalized spacial score (nSPS) is 10.7. The van der Waals surface area contributed by atoms with Crippen LogP contribution in [0, 0.1) is 0 Å². The lowest BCUT2D eigenvalue weighted by molar-refractivity contribution is 0.317. The van der Waals surface area contributed by atoms with Crippen LogP contribution in [0.4, 0.5) is 11.4 Å². The Hall–Kier alpha value is -1.65. The van der Waals surface area contributed by atoms with E-state index in [1.807, 2.05) is 42.5 Å². The average molecular weight is 291 g/mol. The number of halogens is 1.